The number of carbonyl (C=O) groups excluding carboxylic acids is 1. The van der Waals surface area contributed by atoms with Crippen LogP contribution in [-0.2, 0) is 6.61 Å². The maximum absolute atomic E-state index is 12.8. The smallest absolute Gasteiger partial charge is 0.406 e. The summed E-state index contributed by atoms with van der Waals surface area (Å²) in [5, 5.41) is 12.2. The van der Waals surface area contributed by atoms with E-state index in [0.717, 1.165) is 11.1 Å². The van der Waals surface area contributed by atoms with Crippen LogP contribution in [0.25, 0.3) is 22.4 Å². The topological polar surface area (TPSA) is 89.5 Å². The fraction of sp³-hybridized carbons (Fsp3) is 0.261. The first-order chi connectivity index (χ1) is 15.3. The molecule has 1 aliphatic rings. The van der Waals surface area contributed by atoms with E-state index < -0.39 is 6.36 Å². The van der Waals surface area contributed by atoms with Crippen LogP contribution in [0, 0.1) is 0 Å². The Bertz CT molecular complexity index is 1130. The first-order valence-electron chi connectivity index (χ1n) is 10.1. The molecule has 1 amide bonds. The minimum Gasteiger partial charge on any atom is -0.406 e. The summed E-state index contributed by atoms with van der Waals surface area (Å²) < 4.78 is 44.3. The van der Waals surface area contributed by atoms with Crippen molar-refractivity contribution in [3.8, 4) is 28.1 Å². The Hall–Kier alpha value is -3.01. The molecular weight excluding hydrogens is 459 g/mol. The molecule has 1 atom stereocenters. The van der Waals surface area contributed by atoms with E-state index in [1.54, 1.807) is 24.3 Å². The maximum Gasteiger partial charge on any atom is 0.573 e. The van der Waals surface area contributed by atoms with Crippen molar-refractivity contribution in [3.05, 3.63) is 65.9 Å². The molecule has 1 unspecified atom stereocenters. The second-order valence-corrected chi connectivity index (χ2v) is 7.53. The van der Waals surface area contributed by atoms with Crippen molar-refractivity contribution in [2.75, 3.05) is 13.1 Å². The predicted molar refractivity (Wildman–Crippen MR) is 120 cm³/mol. The van der Waals surface area contributed by atoms with E-state index in [9.17, 15) is 23.1 Å². The SMILES string of the molecule is Cl.NCCC1CNC(=O)c2cc(-c3cccc(OC(F)(F)F)c3)c(-c3ccc(CO)cc3)n21. The molecule has 0 saturated carbocycles. The molecule has 176 valence electrons. The second-order valence-electron chi connectivity index (χ2n) is 7.53. The maximum atomic E-state index is 12.8. The lowest BCUT2D eigenvalue weighted by molar-refractivity contribution is -0.274. The number of aliphatic hydroxyl groups excluding tert-OH is 1. The van der Waals surface area contributed by atoms with E-state index in [1.807, 2.05) is 16.7 Å². The van der Waals surface area contributed by atoms with Gasteiger partial charge in [0.1, 0.15) is 11.4 Å². The quantitative estimate of drug-likeness (QED) is 0.490. The Morgan fingerprint density at radius 3 is 2.48 bits per heavy atom. The summed E-state index contributed by atoms with van der Waals surface area (Å²) in [5.41, 5.74) is 9.47. The van der Waals surface area contributed by atoms with Gasteiger partial charge in [0.25, 0.3) is 5.91 Å². The Labute approximate surface area is 194 Å². The molecule has 1 aromatic heterocycles. The summed E-state index contributed by atoms with van der Waals surface area (Å²) in [6.45, 7) is 0.690. The fourth-order valence-electron chi connectivity index (χ4n) is 4.04. The van der Waals surface area contributed by atoms with Gasteiger partial charge in [0.05, 0.1) is 18.3 Å². The minimum atomic E-state index is -4.81. The number of aromatic nitrogens is 1. The number of fused-ring (bicyclic) bond motifs is 1. The number of nitrogens with two attached hydrogens (primary N) is 1. The molecule has 0 saturated heterocycles. The Morgan fingerprint density at radius 2 is 1.85 bits per heavy atom. The first kappa shape index (κ1) is 24.6. The van der Waals surface area contributed by atoms with Gasteiger partial charge in [-0.25, -0.2) is 0 Å². The van der Waals surface area contributed by atoms with Gasteiger partial charge in [-0.1, -0.05) is 36.4 Å². The van der Waals surface area contributed by atoms with E-state index in [1.165, 1.54) is 18.2 Å². The van der Waals surface area contributed by atoms with Gasteiger partial charge in [-0.05, 0) is 47.9 Å². The summed E-state index contributed by atoms with van der Waals surface area (Å²) in [7, 11) is 0. The highest BCUT2D eigenvalue weighted by Crippen LogP contribution is 2.40. The molecule has 6 nitrogen and oxygen atoms in total. The highest BCUT2D eigenvalue weighted by atomic mass is 35.5. The number of alkyl halides is 3. The minimum absolute atomic E-state index is 0. The monoisotopic (exact) mass is 481 g/mol. The third-order valence-electron chi connectivity index (χ3n) is 5.42. The van der Waals surface area contributed by atoms with Crippen molar-refractivity contribution in [2.45, 2.75) is 25.4 Å². The van der Waals surface area contributed by atoms with Crippen molar-refractivity contribution in [1.82, 2.24) is 9.88 Å². The average molecular weight is 482 g/mol. The third kappa shape index (κ3) is 5.16. The number of halogens is 4. The van der Waals surface area contributed by atoms with E-state index >= 15 is 0 Å². The van der Waals surface area contributed by atoms with Crippen LogP contribution >= 0.6 is 12.4 Å². The molecule has 1 aliphatic heterocycles. The molecule has 33 heavy (non-hydrogen) atoms. The van der Waals surface area contributed by atoms with Crippen LogP contribution in [0.3, 0.4) is 0 Å². The molecule has 3 aromatic rings. The van der Waals surface area contributed by atoms with E-state index in [2.05, 4.69) is 10.1 Å². The van der Waals surface area contributed by atoms with Crippen molar-refractivity contribution in [2.24, 2.45) is 5.73 Å². The largest absolute Gasteiger partial charge is 0.573 e. The molecule has 10 heteroatoms. The number of nitrogens with zero attached hydrogens (tertiary/aromatic N) is 1. The number of nitrogens with one attached hydrogen (secondary N) is 1. The van der Waals surface area contributed by atoms with Gasteiger partial charge < -0.3 is 25.5 Å². The van der Waals surface area contributed by atoms with Gasteiger partial charge in [-0.15, -0.1) is 25.6 Å². The fourth-order valence-corrected chi connectivity index (χ4v) is 4.04. The Morgan fingerprint density at radius 1 is 1.12 bits per heavy atom. The third-order valence-corrected chi connectivity index (χ3v) is 5.42. The summed E-state index contributed by atoms with van der Waals surface area (Å²) in [4.78, 5) is 12.6. The molecule has 2 aromatic carbocycles. The van der Waals surface area contributed by atoms with Gasteiger partial charge >= 0.3 is 6.36 Å². The molecule has 0 spiro atoms. The van der Waals surface area contributed by atoms with Crippen molar-refractivity contribution in [3.63, 3.8) is 0 Å². The predicted octanol–water partition coefficient (Wildman–Crippen LogP) is 4.27. The zero-order valence-electron chi connectivity index (χ0n) is 17.4. The lowest BCUT2D eigenvalue weighted by Crippen LogP contribution is -2.39. The van der Waals surface area contributed by atoms with E-state index in [-0.39, 0.29) is 36.7 Å². The summed E-state index contributed by atoms with van der Waals surface area (Å²) in [5.74, 6) is -0.607. The standard InChI is InChI=1S/C23H22F3N3O3.ClH/c24-23(25,26)32-18-3-1-2-16(10-18)19-11-20-22(31)28-12-17(8-9-27)29(20)21(19)15-6-4-14(13-30)5-7-15;/h1-7,10-11,17,30H,8-9,12-13,27H2,(H,28,31);1H. The van der Waals surface area contributed by atoms with Crippen molar-refractivity contribution in [1.29, 1.82) is 0 Å². The van der Waals surface area contributed by atoms with E-state index in [4.69, 9.17) is 5.73 Å². The zero-order valence-corrected chi connectivity index (χ0v) is 18.2. The van der Waals surface area contributed by atoms with Crippen LogP contribution < -0.4 is 15.8 Å². The highest BCUT2D eigenvalue weighted by molar-refractivity contribution is 5.98. The summed E-state index contributed by atoms with van der Waals surface area (Å²) in [6, 6.07) is 14.4. The average Bonchev–Trinajstić information content (AvgIpc) is 3.17. The second kappa shape index (κ2) is 9.86. The van der Waals surface area contributed by atoms with Gasteiger partial charge in [0.15, 0.2) is 0 Å². The van der Waals surface area contributed by atoms with Gasteiger partial charge in [-0.3, -0.25) is 4.79 Å². The molecule has 4 N–H and O–H groups in total. The van der Waals surface area contributed by atoms with Crippen LogP contribution in [0.4, 0.5) is 13.2 Å². The van der Waals surface area contributed by atoms with Crippen LogP contribution in [0.15, 0.2) is 54.6 Å². The lowest BCUT2D eigenvalue weighted by Gasteiger charge is -2.28. The number of carbonyl (C=O) groups is 1. The van der Waals surface area contributed by atoms with Crippen LogP contribution in [0.5, 0.6) is 5.75 Å². The lowest BCUT2D eigenvalue weighted by atomic mass is 9.99. The Balaban J connectivity index is 0.00000306. The van der Waals surface area contributed by atoms with Crippen molar-refractivity contribution < 1.29 is 27.8 Å². The van der Waals surface area contributed by atoms with Crippen molar-refractivity contribution >= 4 is 18.3 Å². The van der Waals surface area contributed by atoms with Crippen LogP contribution in [0.1, 0.15) is 28.5 Å². The molecule has 2 heterocycles. The summed E-state index contributed by atoms with van der Waals surface area (Å²) in [6.07, 6.45) is -4.20. The normalized spacial score (nSPS) is 15.4. The van der Waals surface area contributed by atoms with Crippen LogP contribution in [-0.4, -0.2) is 35.0 Å². The molecular formula is C23H23ClF3N3O3. The zero-order chi connectivity index (χ0) is 22.9. The number of benzene rings is 2. The molecule has 4 rings (SSSR count). The highest BCUT2D eigenvalue weighted by Gasteiger charge is 2.32. The number of rotatable bonds is 6. The number of aliphatic hydroxyl groups is 1. The number of hydrogen-bond donors (Lipinski definition) is 3. The molecule has 0 radical (unpaired) electrons. The molecule has 0 bridgehead atoms. The van der Waals surface area contributed by atoms with E-state index in [0.29, 0.717) is 42.0 Å². The number of hydrogen-bond acceptors (Lipinski definition) is 4. The van der Waals surface area contributed by atoms with Gasteiger partial charge in [0.2, 0.25) is 0 Å². The molecule has 0 fully saturated rings. The first-order valence-corrected chi connectivity index (χ1v) is 10.1. The van der Waals surface area contributed by atoms with Gasteiger partial charge in [-0.2, -0.15) is 0 Å². The Kier molecular flexibility index (Phi) is 7.36. The van der Waals surface area contributed by atoms with Crippen LogP contribution in [0.2, 0.25) is 0 Å². The molecule has 0 aliphatic carbocycles. The summed E-state index contributed by atoms with van der Waals surface area (Å²) >= 11 is 0. The van der Waals surface area contributed by atoms with Gasteiger partial charge in [0, 0.05) is 12.1 Å². The number of amides is 1. The number of ether oxygens (including phenoxy) is 1.